The number of para-hydroxylation sites is 1. The number of nitrogens with two attached hydrogens (primary N) is 1. The summed E-state index contributed by atoms with van der Waals surface area (Å²) in [6, 6.07) is 6.11. The van der Waals surface area contributed by atoms with Gasteiger partial charge in [0, 0.05) is 25.4 Å². The van der Waals surface area contributed by atoms with E-state index >= 15 is 0 Å². The number of nitrogens with zero attached hydrogens (tertiary/aromatic N) is 1. The van der Waals surface area contributed by atoms with Crippen molar-refractivity contribution in [1.29, 1.82) is 0 Å². The first-order chi connectivity index (χ1) is 10.5. The molecule has 1 amide bonds. The molecule has 0 aliphatic rings. The van der Waals surface area contributed by atoms with E-state index in [0.29, 0.717) is 25.3 Å². The molecule has 0 aliphatic heterocycles. The van der Waals surface area contributed by atoms with Crippen LogP contribution in [0.25, 0.3) is 11.0 Å². The molecule has 2 rings (SSSR count). The minimum atomic E-state index is 0. The number of carbonyl (C=O) groups excluding carboxylic acids is 1. The van der Waals surface area contributed by atoms with Crippen LogP contribution in [0.5, 0.6) is 0 Å². The van der Waals surface area contributed by atoms with Gasteiger partial charge < -0.3 is 16.0 Å². The van der Waals surface area contributed by atoms with Crippen molar-refractivity contribution in [3.63, 3.8) is 0 Å². The van der Waals surface area contributed by atoms with Gasteiger partial charge in [-0.05, 0) is 30.9 Å². The monoisotopic (exact) mass is 374 g/mol. The Kier molecular flexibility index (Phi) is 9.97. The summed E-state index contributed by atoms with van der Waals surface area (Å²) in [5.41, 5.74) is 8.86. The first kappa shape index (κ1) is 22.7. The number of imidazole rings is 1. The van der Waals surface area contributed by atoms with E-state index in [0.717, 1.165) is 28.8 Å². The molecule has 1 unspecified atom stereocenters. The molecular weight excluding hydrogens is 347 g/mol. The number of rotatable bonds is 7. The van der Waals surface area contributed by atoms with Gasteiger partial charge in [0.05, 0.1) is 11.0 Å². The molecule has 1 heterocycles. The topological polar surface area (TPSA) is 83.8 Å². The predicted octanol–water partition coefficient (Wildman–Crippen LogP) is 3.14. The van der Waals surface area contributed by atoms with Crippen molar-refractivity contribution in [1.82, 2.24) is 15.3 Å². The molecule has 136 valence electrons. The van der Waals surface area contributed by atoms with Crippen LogP contribution >= 0.6 is 24.8 Å². The maximum absolute atomic E-state index is 12.0. The number of amides is 1. The number of aromatic amines is 1. The Hall–Kier alpha value is -1.30. The summed E-state index contributed by atoms with van der Waals surface area (Å²) in [4.78, 5) is 19.9. The molecule has 5 nitrogen and oxygen atoms in total. The number of aryl methyl sites for hydroxylation is 2. The molecule has 2 aromatic rings. The predicted molar refractivity (Wildman–Crippen MR) is 104 cm³/mol. The van der Waals surface area contributed by atoms with Crippen LogP contribution in [0.15, 0.2) is 18.2 Å². The van der Waals surface area contributed by atoms with Gasteiger partial charge in [-0.1, -0.05) is 26.0 Å². The summed E-state index contributed by atoms with van der Waals surface area (Å²) < 4.78 is 0. The molecule has 0 saturated heterocycles. The van der Waals surface area contributed by atoms with E-state index in [-0.39, 0.29) is 36.8 Å². The van der Waals surface area contributed by atoms with Crippen LogP contribution in [-0.4, -0.2) is 28.5 Å². The van der Waals surface area contributed by atoms with Crippen LogP contribution in [0.1, 0.15) is 38.1 Å². The van der Waals surface area contributed by atoms with Gasteiger partial charge in [-0.15, -0.1) is 24.8 Å². The van der Waals surface area contributed by atoms with E-state index in [1.807, 2.05) is 25.1 Å². The van der Waals surface area contributed by atoms with Gasteiger partial charge in [-0.25, -0.2) is 4.98 Å². The number of hydrogen-bond donors (Lipinski definition) is 3. The highest BCUT2D eigenvalue weighted by Gasteiger charge is 2.13. The van der Waals surface area contributed by atoms with E-state index in [1.54, 1.807) is 0 Å². The molecule has 7 heteroatoms. The van der Waals surface area contributed by atoms with Crippen LogP contribution in [0, 0.1) is 12.8 Å². The fourth-order valence-electron chi connectivity index (χ4n) is 2.66. The lowest BCUT2D eigenvalue weighted by Gasteiger charge is -2.18. The second kappa shape index (κ2) is 10.5. The summed E-state index contributed by atoms with van der Waals surface area (Å²) >= 11 is 0. The first-order valence-electron chi connectivity index (χ1n) is 7.93. The summed E-state index contributed by atoms with van der Waals surface area (Å²) in [5.74, 6) is 1.41. The molecule has 0 radical (unpaired) electrons. The van der Waals surface area contributed by atoms with Crippen LogP contribution in [0.4, 0.5) is 0 Å². The number of aromatic nitrogens is 2. The summed E-state index contributed by atoms with van der Waals surface area (Å²) in [6.45, 7) is 6.78. The SMILES string of the molecule is Cc1cccc2[nH]c(CCC(=O)NC(CN)CC(C)C)nc12.Cl.Cl. The van der Waals surface area contributed by atoms with Gasteiger partial charge in [0.2, 0.25) is 5.91 Å². The lowest BCUT2D eigenvalue weighted by atomic mass is 10.0. The lowest BCUT2D eigenvalue weighted by Crippen LogP contribution is -2.41. The van der Waals surface area contributed by atoms with E-state index in [4.69, 9.17) is 5.73 Å². The Morgan fingerprint density at radius 2 is 2.04 bits per heavy atom. The third-order valence-corrected chi connectivity index (χ3v) is 3.76. The summed E-state index contributed by atoms with van der Waals surface area (Å²) in [5, 5.41) is 3.01. The molecule has 4 N–H and O–H groups in total. The minimum absolute atomic E-state index is 0. The molecule has 0 spiro atoms. The van der Waals surface area contributed by atoms with E-state index in [9.17, 15) is 4.79 Å². The van der Waals surface area contributed by atoms with Crippen molar-refractivity contribution >= 4 is 41.8 Å². The van der Waals surface area contributed by atoms with Crippen molar-refractivity contribution in [3.8, 4) is 0 Å². The average molecular weight is 375 g/mol. The fraction of sp³-hybridized carbons (Fsp3) is 0.529. The lowest BCUT2D eigenvalue weighted by molar-refractivity contribution is -0.121. The zero-order chi connectivity index (χ0) is 16.1. The summed E-state index contributed by atoms with van der Waals surface area (Å²) in [6.07, 6.45) is 1.94. The van der Waals surface area contributed by atoms with Gasteiger partial charge in [0.25, 0.3) is 0 Å². The van der Waals surface area contributed by atoms with Crippen molar-refractivity contribution in [2.75, 3.05) is 6.54 Å². The molecule has 0 aliphatic carbocycles. The van der Waals surface area contributed by atoms with E-state index in [1.165, 1.54) is 0 Å². The Bertz CT molecular complexity index is 643. The fourth-order valence-corrected chi connectivity index (χ4v) is 2.66. The smallest absolute Gasteiger partial charge is 0.220 e. The second-order valence-electron chi connectivity index (χ2n) is 6.28. The highest BCUT2D eigenvalue weighted by Crippen LogP contribution is 2.16. The number of hydrogen-bond acceptors (Lipinski definition) is 3. The quantitative estimate of drug-likeness (QED) is 0.695. The average Bonchev–Trinajstić information content (AvgIpc) is 2.88. The number of carbonyl (C=O) groups is 1. The van der Waals surface area contributed by atoms with Crippen LogP contribution in [0.2, 0.25) is 0 Å². The molecule has 1 aromatic carbocycles. The Balaban J connectivity index is 0.00000264. The Morgan fingerprint density at radius 1 is 1.33 bits per heavy atom. The maximum Gasteiger partial charge on any atom is 0.220 e. The molecule has 0 bridgehead atoms. The normalized spacial score (nSPS) is 11.7. The molecule has 0 saturated carbocycles. The third-order valence-electron chi connectivity index (χ3n) is 3.76. The molecule has 0 fully saturated rings. The van der Waals surface area contributed by atoms with Gasteiger partial charge in [0.1, 0.15) is 5.82 Å². The number of nitrogens with one attached hydrogen (secondary N) is 2. The van der Waals surface area contributed by atoms with Crippen molar-refractivity contribution in [3.05, 3.63) is 29.6 Å². The van der Waals surface area contributed by atoms with Crippen LogP contribution < -0.4 is 11.1 Å². The van der Waals surface area contributed by atoms with Crippen molar-refractivity contribution in [2.24, 2.45) is 11.7 Å². The third kappa shape index (κ3) is 6.30. The van der Waals surface area contributed by atoms with E-state index in [2.05, 4.69) is 29.1 Å². The molecule has 1 atom stereocenters. The number of benzene rings is 1. The number of fused-ring (bicyclic) bond motifs is 1. The Labute approximate surface area is 156 Å². The van der Waals surface area contributed by atoms with Crippen LogP contribution in [0.3, 0.4) is 0 Å². The van der Waals surface area contributed by atoms with E-state index < -0.39 is 0 Å². The van der Waals surface area contributed by atoms with Gasteiger partial charge in [-0.2, -0.15) is 0 Å². The minimum Gasteiger partial charge on any atom is -0.352 e. The number of halogens is 2. The zero-order valence-electron chi connectivity index (χ0n) is 14.5. The zero-order valence-corrected chi connectivity index (χ0v) is 16.1. The highest BCUT2D eigenvalue weighted by atomic mass is 35.5. The maximum atomic E-state index is 12.0. The van der Waals surface area contributed by atoms with Crippen molar-refractivity contribution in [2.45, 2.75) is 46.1 Å². The van der Waals surface area contributed by atoms with Gasteiger partial charge >= 0.3 is 0 Å². The van der Waals surface area contributed by atoms with Gasteiger partial charge in [-0.3, -0.25) is 4.79 Å². The first-order valence-corrected chi connectivity index (χ1v) is 7.93. The number of H-pyrrole nitrogens is 1. The molecular formula is C17H28Cl2N4O. The summed E-state index contributed by atoms with van der Waals surface area (Å²) in [7, 11) is 0. The van der Waals surface area contributed by atoms with Crippen molar-refractivity contribution < 1.29 is 4.79 Å². The highest BCUT2D eigenvalue weighted by molar-refractivity contribution is 5.85. The molecule has 1 aromatic heterocycles. The largest absolute Gasteiger partial charge is 0.352 e. The standard InChI is InChI=1S/C17H26N4O.2ClH/c1-11(2)9-13(10-18)19-16(22)8-7-15-20-14-6-4-5-12(3)17(14)21-15;;/h4-6,11,13H,7-10,18H2,1-3H3,(H,19,22)(H,20,21);2*1H. The van der Waals surface area contributed by atoms with Crippen LogP contribution in [-0.2, 0) is 11.2 Å². The van der Waals surface area contributed by atoms with Gasteiger partial charge in [0.15, 0.2) is 0 Å². The Morgan fingerprint density at radius 3 is 2.62 bits per heavy atom. The second-order valence-corrected chi connectivity index (χ2v) is 6.28. The molecule has 24 heavy (non-hydrogen) atoms.